The summed E-state index contributed by atoms with van der Waals surface area (Å²) in [6.45, 7) is 6.66. The standard InChI is InChI=1S/C48H35N5O/c1-48(2,3)34-21-17-31(18-22-34)46-50-45(30-11-5-4-6-12-30)51-47(52-46)38-25-26-49-29-42(38)53-40-15-9-7-13-35(40)39-27-32(20-24-41(39)53)33-19-23-37-36-14-8-10-16-43(36)54-44(37)28-33/h4-29H,1-3H3. The van der Waals surface area contributed by atoms with Crippen LogP contribution in [0.5, 0.6) is 0 Å². The van der Waals surface area contributed by atoms with Gasteiger partial charge < -0.3 is 8.98 Å². The molecule has 0 radical (unpaired) electrons. The summed E-state index contributed by atoms with van der Waals surface area (Å²) in [7, 11) is 0. The van der Waals surface area contributed by atoms with Crippen LogP contribution < -0.4 is 0 Å². The van der Waals surface area contributed by atoms with E-state index in [1.807, 2.05) is 60.9 Å². The van der Waals surface area contributed by atoms with Crippen LogP contribution in [0.25, 0.3) is 94.7 Å². The predicted molar refractivity (Wildman–Crippen MR) is 220 cm³/mol. The Morgan fingerprint density at radius 2 is 1.09 bits per heavy atom. The highest BCUT2D eigenvalue weighted by Crippen LogP contribution is 2.39. The van der Waals surface area contributed by atoms with Crippen LogP contribution in [0, 0.1) is 0 Å². The second-order valence-electron chi connectivity index (χ2n) is 14.8. The average molecular weight is 698 g/mol. The first-order chi connectivity index (χ1) is 26.4. The van der Waals surface area contributed by atoms with Gasteiger partial charge in [0.2, 0.25) is 0 Å². The monoisotopic (exact) mass is 697 g/mol. The summed E-state index contributed by atoms with van der Waals surface area (Å²) in [5.74, 6) is 1.82. The topological polar surface area (TPSA) is 69.6 Å². The lowest BCUT2D eigenvalue weighted by molar-refractivity contribution is 0.590. The fourth-order valence-electron chi connectivity index (χ4n) is 7.53. The minimum atomic E-state index is 0.0368. The van der Waals surface area contributed by atoms with Crippen molar-refractivity contribution in [3.8, 4) is 51.0 Å². The van der Waals surface area contributed by atoms with Crippen molar-refractivity contribution in [3.63, 3.8) is 0 Å². The van der Waals surface area contributed by atoms with Crippen molar-refractivity contribution in [1.29, 1.82) is 0 Å². The molecular formula is C48H35N5O. The van der Waals surface area contributed by atoms with Crippen molar-refractivity contribution < 1.29 is 4.42 Å². The lowest BCUT2D eigenvalue weighted by Gasteiger charge is -2.19. The third-order valence-corrected chi connectivity index (χ3v) is 10.3. The van der Waals surface area contributed by atoms with E-state index in [4.69, 9.17) is 19.4 Å². The molecule has 6 nitrogen and oxygen atoms in total. The molecule has 0 amide bonds. The molecule has 0 bridgehead atoms. The smallest absolute Gasteiger partial charge is 0.166 e. The summed E-state index contributed by atoms with van der Waals surface area (Å²) in [5, 5.41) is 4.54. The van der Waals surface area contributed by atoms with E-state index in [9.17, 15) is 0 Å². The van der Waals surface area contributed by atoms with Gasteiger partial charge in [-0.25, -0.2) is 15.0 Å². The Labute approximate surface area is 312 Å². The van der Waals surface area contributed by atoms with Crippen LogP contribution in [0.1, 0.15) is 26.3 Å². The minimum Gasteiger partial charge on any atom is -0.456 e. The maximum atomic E-state index is 6.25. The molecule has 258 valence electrons. The van der Waals surface area contributed by atoms with Gasteiger partial charge in [-0.15, -0.1) is 0 Å². The number of para-hydroxylation sites is 2. The molecule has 0 saturated heterocycles. The molecule has 4 aromatic heterocycles. The van der Waals surface area contributed by atoms with Gasteiger partial charge in [0.1, 0.15) is 11.2 Å². The van der Waals surface area contributed by atoms with Crippen LogP contribution in [0.4, 0.5) is 0 Å². The highest BCUT2D eigenvalue weighted by molar-refractivity contribution is 6.11. The number of hydrogen-bond acceptors (Lipinski definition) is 5. The van der Waals surface area contributed by atoms with E-state index < -0.39 is 0 Å². The van der Waals surface area contributed by atoms with Crippen molar-refractivity contribution in [2.45, 2.75) is 26.2 Å². The molecule has 0 spiro atoms. The summed E-state index contributed by atoms with van der Waals surface area (Å²) in [4.78, 5) is 19.9. The number of furan rings is 1. The summed E-state index contributed by atoms with van der Waals surface area (Å²) in [6.07, 6.45) is 3.72. The summed E-state index contributed by atoms with van der Waals surface area (Å²) >= 11 is 0. The zero-order chi connectivity index (χ0) is 36.4. The van der Waals surface area contributed by atoms with Gasteiger partial charge in [0.15, 0.2) is 17.5 Å². The van der Waals surface area contributed by atoms with Gasteiger partial charge in [-0.05, 0) is 64.6 Å². The Kier molecular flexibility index (Phi) is 7.27. The van der Waals surface area contributed by atoms with Gasteiger partial charge in [0, 0.05) is 44.4 Å². The second kappa shape index (κ2) is 12.3. The van der Waals surface area contributed by atoms with E-state index in [2.05, 4.69) is 127 Å². The van der Waals surface area contributed by atoms with Gasteiger partial charge in [-0.3, -0.25) is 4.98 Å². The lowest BCUT2D eigenvalue weighted by atomic mass is 9.87. The molecule has 4 heterocycles. The molecule has 6 aromatic carbocycles. The molecule has 0 fully saturated rings. The molecule has 0 unspecified atom stereocenters. The van der Waals surface area contributed by atoms with E-state index >= 15 is 0 Å². The Hall–Kier alpha value is -6.92. The molecule has 0 aliphatic heterocycles. The second-order valence-corrected chi connectivity index (χ2v) is 14.8. The maximum Gasteiger partial charge on any atom is 0.166 e. The Balaban J connectivity index is 1.14. The van der Waals surface area contributed by atoms with Gasteiger partial charge in [0.25, 0.3) is 0 Å². The van der Waals surface area contributed by atoms with Gasteiger partial charge >= 0.3 is 0 Å². The third kappa shape index (κ3) is 5.34. The molecule has 0 N–H and O–H groups in total. The Morgan fingerprint density at radius 3 is 1.89 bits per heavy atom. The largest absolute Gasteiger partial charge is 0.456 e. The fourth-order valence-corrected chi connectivity index (χ4v) is 7.53. The molecule has 0 aliphatic rings. The van der Waals surface area contributed by atoms with Crippen LogP contribution in [0.15, 0.2) is 162 Å². The van der Waals surface area contributed by atoms with Crippen molar-refractivity contribution in [3.05, 3.63) is 164 Å². The van der Waals surface area contributed by atoms with Crippen LogP contribution in [0.2, 0.25) is 0 Å². The lowest BCUT2D eigenvalue weighted by Crippen LogP contribution is -2.10. The normalized spacial score (nSPS) is 12.0. The van der Waals surface area contributed by atoms with Crippen molar-refractivity contribution in [1.82, 2.24) is 24.5 Å². The minimum absolute atomic E-state index is 0.0368. The fraction of sp³-hybridized carbons (Fsp3) is 0.0833. The molecule has 0 atom stereocenters. The molecule has 54 heavy (non-hydrogen) atoms. The zero-order valence-corrected chi connectivity index (χ0v) is 30.2. The predicted octanol–water partition coefficient (Wildman–Crippen LogP) is 12.2. The average Bonchev–Trinajstić information content (AvgIpc) is 3.75. The number of fused-ring (bicyclic) bond motifs is 6. The first-order valence-corrected chi connectivity index (χ1v) is 18.2. The van der Waals surface area contributed by atoms with E-state index in [0.717, 1.165) is 77.2 Å². The van der Waals surface area contributed by atoms with Gasteiger partial charge in [0.05, 0.1) is 22.9 Å². The molecule has 0 saturated carbocycles. The van der Waals surface area contributed by atoms with Gasteiger partial charge in [-0.2, -0.15) is 0 Å². The van der Waals surface area contributed by atoms with Crippen LogP contribution >= 0.6 is 0 Å². The van der Waals surface area contributed by atoms with E-state index in [1.165, 1.54) is 5.56 Å². The highest BCUT2D eigenvalue weighted by Gasteiger charge is 2.21. The van der Waals surface area contributed by atoms with Crippen LogP contribution in [0.3, 0.4) is 0 Å². The molecule has 10 rings (SSSR count). The summed E-state index contributed by atoms with van der Waals surface area (Å²) < 4.78 is 8.53. The Morgan fingerprint density at radius 1 is 0.481 bits per heavy atom. The zero-order valence-electron chi connectivity index (χ0n) is 30.2. The van der Waals surface area contributed by atoms with Gasteiger partial charge in [-0.1, -0.05) is 124 Å². The van der Waals surface area contributed by atoms with Crippen LogP contribution in [-0.4, -0.2) is 24.5 Å². The number of benzene rings is 6. The Bertz CT molecular complexity index is 3020. The van der Waals surface area contributed by atoms with E-state index in [1.54, 1.807) is 0 Å². The number of aromatic nitrogens is 5. The maximum absolute atomic E-state index is 6.25. The molecular weight excluding hydrogens is 663 g/mol. The van der Waals surface area contributed by atoms with E-state index in [-0.39, 0.29) is 5.41 Å². The van der Waals surface area contributed by atoms with Crippen molar-refractivity contribution >= 4 is 43.7 Å². The summed E-state index contributed by atoms with van der Waals surface area (Å²) in [6, 6.07) is 50.5. The highest BCUT2D eigenvalue weighted by atomic mass is 16.3. The van der Waals surface area contributed by atoms with Crippen LogP contribution in [-0.2, 0) is 5.41 Å². The third-order valence-electron chi connectivity index (χ3n) is 10.3. The first kappa shape index (κ1) is 31.8. The SMILES string of the molecule is CC(C)(C)c1ccc(-c2nc(-c3ccccc3)nc(-c3ccncc3-n3c4ccccc4c4cc(-c5ccc6c(c5)oc5ccccc56)ccc43)n2)cc1. The number of nitrogens with zero attached hydrogens (tertiary/aromatic N) is 5. The van der Waals surface area contributed by atoms with E-state index in [0.29, 0.717) is 17.5 Å². The van der Waals surface area contributed by atoms with Crippen molar-refractivity contribution in [2.24, 2.45) is 0 Å². The number of hydrogen-bond donors (Lipinski definition) is 0. The molecule has 6 heteroatoms. The quantitative estimate of drug-likeness (QED) is 0.179. The molecule has 10 aromatic rings. The first-order valence-electron chi connectivity index (χ1n) is 18.2. The molecule has 0 aliphatic carbocycles. The van der Waals surface area contributed by atoms with Crippen molar-refractivity contribution in [2.75, 3.05) is 0 Å². The number of pyridine rings is 1. The summed E-state index contributed by atoms with van der Waals surface area (Å²) in [5.41, 5.74) is 11.0. The number of rotatable bonds is 5.